The lowest BCUT2D eigenvalue weighted by Gasteiger charge is -2.11. The highest BCUT2D eigenvalue weighted by Crippen LogP contribution is 2.27. The van der Waals surface area contributed by atoms with Crippen LogP contribution in [0.25, 0.3) is 10.6 Å². The van der Waals surface area contributed by atoms with E-state index in [0.717, 1.165) is 23.2 Å². The first-order valence-corrected chi connectivity index (χ1v) is 15.6. The molecule has 0 radical (unpaired) electrons. The number of hydrogen-bond acceptors (Lipinski definition) is 3. The third kappa shape index (κ3) is 12.3. The van der Waals surface area contributed by atoms with Crippen molar-refractivity contribution in [3.63, 3.8) is 0 Å². The topological polar surface area (TPSA) is 42.2 Å². The zero-order valence-electron chi connectivity index (χ0n) is 23.5. The zero-order chi connectivity index (χ0) is 27.0. The fourth-order valence-electron chi connectivity index (χ4n) is 4.59. The minimum absolute atomic E-state index is 0. The lowest BCUT2D eigenvalue weighted by Crippen LogP contribution is -3.00. The van der Waals surface area contributed by atoms with Crippen LogP contribution in [0.2, 0.25) is 5.02 Å². The van der Waals surface area contributed by atoms with Crippen molar-refractivity contribution in [3.05, 3.63) is 64.6 Å². The Morgan fingerprint density at radius 3 is 2.10 bits per heavy atom. The number of aryl methyl sites for hydroxylation is 1. The predicted molar refractivity (Wildman–Crippen MR) is 161 cm³/mol. The number of unbranched alkanes of at least 4 members (excludes halogenated alkanes) is 11. The number of ether oxygens (including phenoxy) is 1. The highest BCUT2D eigenvalue weighted by Gasteiger charge is 2.12. The van der Waals surface area contributed by atoms with Crippen LogP contribution in [0.1, 0.15) is 89.5 Å². The summed E-state index contributed by atoms with van der Waals surface area (Å²) < 4.78 is 8.06. The van der Waals surface area contributed by atoms with Gasteiger partial charge in [-0.25, -0.2) is 0 Å². The van der Waals surface area contributed by atoms with Gasteiger partial charge in [-0.2, -0.15) is 4.57 Å². The molecule has 7 heteroatoms. The van der Waals surface area contributed by atoms with E-state index in [1.807, 2.05) is 55.7 Å². The van der Waals surface area contributed by atoms with Crippen molar-refractivity contribution >= 4 is 34.5 Å². The van der Waals surface area contributed by atoms with Gasteiger partial charge in [0.2, 0.25) is 5.91 Å². The normalized spacial score (nSPS) is 10.7. The summed E-state index contributed by atoms with van der Waals surface area (Å²) in [6.07, 6.45) is 18.1. The summed E-state index contributed by atoms with van der Waals surface area (Å²) in [4.78, 5) is 12.6. The maximum Gasteiger partial charge on any atom is 0.268 e. The van der Waals surface area contributed by atoms with Crippen LogP contribution in [-0.4, -0.2) is 12.5 Å². The molecule has 0 fully saturated rings. The number of amides is 1. The van der Waals surface area contributed by atoms with Gasteiger partial charge in [-0.05, 0) is 48.4 Å². The summed E-state index contributed by atoms with van der Waals surface area (Å²) in [5.41, 5.74) is 2.81. The maximum atomic E-state index is 12.6. The van der Waals surface area contributed by atoms with Gasteiger partial charge in [0.05, 0.1) is 29.0 Å². The van der Waals surface area contributed by atoms with E-state index >= 15 is 0 Å². The Labute approximate surface area is 250 Å². The van der Waals surface area contributed by atoms with Gasteiger partial charge in [-0.1, -0.05) is 107 Å². The second kappa shape index (κ2) is 19.1. The van der Waals surface area contributed by atoms with Gasteiger partial charge >= 0.3 is 0 Å². The van der Waals surface area contributed by atoms with Crippen LogP contribution in [0.4, 0.5) is 5.69 Å². The van der Waals surface area contributed by atoms with Crippen molar-refractivity contribution in [1.29, 1.82) is 0 Å². The Kier molecular flexibility index (Phi) is 16.2. The first-order chi connectivity index (χ1) is 18.6. The van der Waals surface area contributed by atoms with Gasteiger partial charge in [-0.3, -0.25) is 4.79 Å². The largest absolute Gasteiger partial charge is 1.00 e. The van der Waals surface area contributed by atoms with Crippen LogP contribution >= 0.6 is 22.9 Å². The third-order valence-electron chi connectivity index (χ3n) is 6.82. The van der Waals surface area contributed by atoms with Crippen LogP contribution in [0.5, 0.6) is 5.75 Å². The van der Waals surface area contributed by atoms with Gasteiger partial charge < -0.3 is 22.5 Å². The molecule has 3 aromatic rings. The maximum absolute atomic E-state index is 12.6. The SMILES string of the molecule is CCCCCCCCCCCCCCOc1cc(CC(=O)Nc2ccc(-c3scc[n+]3C)cc2)ccc1Cl.[Cl-]. The summed E-state index contributed by atoms with van der Waals surface area (Å²) in [5, 5.41) is 6.82. The highest BCUT2D eigenvalue weighted by molar-refractivity contribution is 7.12. The van der Waals surface area contributed by atoms with E-state index in [9.17, 15) is 4.79 Å². The molecule has 1 N–H and O–H groups in total. The fourth-order valence-corrected chi connectivity index (χ4v) is 5.63. The molecule has 0 aliphatic rings. The summed E-state index contributed by atoms with van der Waals surface area (Å²) in [5.74, 6) is 0.599. The Hall–Kier alpha value is -2.08. The Bertz CT molecular complexity index is 1100. The minimum atomic E-state index is -0.0614. The third-order valence-corrected chi connectivity index (χ3v) is 8.13. The average molecular weight is 592 g/mol. The van der Waals surface area contributed by atoms with Crippen molar-refractivity contribution in [2.24, 2.45) is 7.05 Å². The lowest BCUT2D eigenvalue weighted by atomic mass is 10.1. The van der Waals surface area contributed by atoms with Gasteiger partial charge in [0.15, 0.2) is 6.20 Å². The number of thiazole rings is 1. The van der Waals surface area contributed by atoms with E-state index in [-0.39, 0.29) is 24.7 Å². The Morgan fingerprint density at radius 1 is 0.897 bits per heavy atom. The predicted octanol–water partition coefficient (Wildman–Crippen LogP) is 6.16. The van der Waals surface area contributed by atoms with Crippen molar-refractivity contribution in [2.45, 2.75) is 90.4 Å². The van der Waals surface area contributed by atoms with E-state index in [2.05, 4.69) is 22.2 Å². The number of aromatic nitrogens is 1. The Balaban J connectivity index is 0.00000533. The minimum Gasteiger partial charge on any atom is -1.00 e. The number of anilines is 1. The molecule has 0 aliphatic carbocycles. The first-order valence-electron chi connectivity index (χ1n) is 14.3. The van der Waals surface area contributed by atoms with Crippen LogP contribution in [0, 0.1) is 0 Å². The number of nitrogens with zero attached hydrogens (tertiary/aromatic N) is 1. The smallest absolute Gasteiger partial charge is 0.268 e. The van der Waals surface area contributed by atoms with Gasteiger partial charge in [0, 0.05) is 5.69 Å². The van der Waals surface area contributed by atoms with Crippen LogP contribution in [-0.2, 0) is 18.3 Å². The van der Waals surface area contributed by atoms with Crippen molar-refractivity contribution in [1.82, 2.24) is 0 Å². The van der Waals surface area contributed by atoms with Crippen molar-refractivity contribution < 1.29 is 26.5 Å². The van der Waals surface area contributed by atoms with Gasteiger partial charge in [0.1, 0.15) is 12.8 Å². The zero-order valence-corrected chi connectivity index (χ0v) is 25.9. The monoisotopic (exact) mass is 590 g/mol. The molecule has 1 amide bonds. The number of rotatable bonds is 18. The molecule has 214 valence electrons. The van der Waals surface area contributed by atoms with Gasteiger partial charge in [-0.15, -0.1) is 0 Å². The molecule has 1 heterocycles. The molecule has 4 nitrogen and oxygen atoms in total. The molecule has 3 rings (SSSR count). The van der Waals surface area contributed by atoms with Crippen LogP contribution < -0.4 is 27.0 Å². The molecule has 0 saturated carbocycles. The molecule has 0 saturated heterocycles. The fraction of sp³-hybridized carbons (Fsp3) is 0.500. The number of carbonyl (C=O) groups excluding carboxylic acids is 1. The van der Waals surface area contributed by atoms with E-state index in [4.69, 9.17) is 16.3 Å². The van der Waals surface area contributed by atoms with E-state index in [1.165, 1.54) is 75.6 Å². The molecule has 39 heavy (non-hydrogen) atoms. The second-order valence-electron chi connectivity index (χ2n) is 10.1. The molecule has 0 spiro atoms. The highest BCUT2D eigenvalue weighted by atomic mass is 35.5. The molecule has 0 aliphatic heterocycles. The number of nitrogens with one attached hydrogen (secondary N) is 1. The lowest BCUT2D eigenvalue weighted by molar-refractivity contribution is -0.655. The van der Waals surface area contributed by atoms with E-state index < -0.39 is 0 Å². The van der Waals surface area contributed by atoms with Crippen molar-refractivity contribution in [3.8, 4) is 16.3 Å². The van der Waals surface area contributed by atoms with Crippen molar-refractivity contribution in [2.75, 3.05) is 11.9 Å². The van der Waals surface area contributed by atoms with Crippen LogP contribution in [0.15, 0.2) is 54.0 Å². The average Bonchev–Trinajstić information content (AvgIpc) is 3.34. The standard InChI is InChI=1S/C32H43ClN2O2S.ClH/c1-3-4-5-6-7-8-9-10-11-12-13-14-22-37-30-24-26(15-20-29(30)33)25-31(36)34-28-18-16-27(17-19-28)32-35(2)21-23-38-32;/h15-21,23-24H,3-14,22,25H2,1-2H3;1H. The summed E-state index contributed by atoms with van der Waals surface area (Å²) in [6.45, 7) is 2.92. The van der Waals surface area contributed by atoms with E-state index in [1.54, 1.807) is 11.3 Å². The summed E-state index contributed by atoms with van der Waals surface area (Å²) in [7, 11) is 2.03. The van der Waals surface area contributed by atoms with Gasteiger partial charge in [0.25, 0.3) is 5.01 Å². The van der Waals surface area contributed by atoms with Crippen LogP contribution in [0.3, 0.4) is 0 Å². The number of carbonyl (C=O) groups is 1. The quantitative estimate of drug-likeness (QED) is 0.142. The molecular weight excluding hydrogens is 547 g/mol. The summed E-state index contributed by atoms with van der Waals surface area (Å²) in [6, 6.07) is 13.5. The number of benzene rings is 2. The summed E-state index contributed by atoms with van der Waals surface area (Å²) >= 11 is 8.05. The molecule has 0 atom stereocenters. The first kappa shape index (κ1) is 33.1. The molecule has 2 aromatic carbocycles. The molecular formula is C32H44Cl2N2O2S. The number of halogens is 2. The van der Waals surface area contributed by atoms with E-state index in [0.29, 0.717) is 17.4 Å². The molecule has 1 aromatic heterocycles. The number of hydrogen-bond donors (Lipinski definition) is 1. The second-order valence-corrected chi connectivity index (χ2v) is 11.4. The molecule has 0 unspecified atom stereocenters. The molecule has 0 bridgehead atoms. The Morgan fingerprint density at radius 2 is 1.51 bits per heavy atom.